The average molecular weight is 298 g/mol. The fourth-order valence-corrected chi connectivity index (χ4v) is 4.40. The molecule has 1 aromatic rings. The molecule has 3 aliphatic rings. The molecule has 0 radical (unpaired) electrons. The first-order valence-corrected chi connectivity index (χ1v) is 8.88. The molecule has 2 N–H and O–H groups in total. The highest BCUT2D eigenvalue weighted by Crippen LogP contribution is 2.41. The largest absolute Gasteiger partial charge is 0.349 e. The summed E-state index contributed by atoms with van der Waals surface area (Å²) < 4.78 is 0. The highest BCUT2D eigenvalue weighted by Gasteiger charge is 2.36. The third-order valence-electron chi connectivity index (χ3n) is 5.61. The Kier molecular flexibility index (Phi) is 3.91. The van der Waals surface area contributed by atoms with Crippen LogP contribution in [-0.2, 0) is 4.79 Å². The van der Waals surface area contributed by atoms with Crippen molar-refractivity contribution in [3.8, 4) is 0 Å². The molecule has 2 bridgehead atoms. The number of hydrogen-bond acceptors (Lipinski definition) is 2. The zero-order valence-electron chi connectivity index (χ0n) is 13.1. The topological polar surface area (TPSA) is 41.1 Å². The second-order valence-corrected chi connectivity index (χ2v) is 7.47. The Morgan fingerprint density at radius 2 is 1.77 bits per heavy atom. The smallest absolute Gasteiger partial charge is 0.220 e. The molecule has 0 aromatic heterocycles. The fourth-order valence-electron chi connectivity index (χ4n) is 4.40. The van der Waals surface area contributed by atoms with Crippen LogP contribution >= 0.6 is 0 Å². The van der Waals surface area contributed by atoms with Gasteiger partial charge in [0.1, 0.15) is 0 Å². The molecule has 2 saturated heterocycles. The molecule has 22 heavy (non-hydrogen) atoms. The molecule has 1 saturated carbocycles. The highest BCUT2D eigenvalue weighted by atomic mass is 16.1. The maximum atomic E-state index is 12.5. The van der Waals surface area contributed by atoms with Gasteiger partial charge in [0, 0.05) is 18.5 Å². The Morgan fingerprint density at radius 1 is 1.09 bits per heavy atom. The van der Waals surface area contributed by atoms with Gasteiger partial charge in [-0.05, 0) is 55.9 Å². The summed E-state index contributed by atoms with van der Waals surface area (Å²) in [6.45, 7) is 0. The van der Waals surface area contributed by atoms with Crippen LogP contribution in [0, 0.1) is 11.8 Å². The zero-order valence-corrected chi connectivity index (χ0v) is 13.1. The Bertz CT molecular complexity index is 513. The highest BCUT2D eigenvalue weighted by molar-refractivity contribution is 5.76. The van der Waals surface area contributed by atoms with Crippen LogP contribution in [0.15, 0.2) is 30.3 Å². The van der Waals surface area contributed by atoms with Gasteiger partial charge in [0.15, 0.2) is 0 Å². The summed E-state index contributed by atoms with van der Waals surface area (Å²) in [6, 6.07) is 12.0. The Morgan fingerprint density at radius 3 is 2.41 bits per heavy atom. The third kappa shape index (κ3) is 3.19. The van der Waals surface area contributed by atoms with Crippen molar-refractivity contribution in [2.24, 2.45) is 11.8 Å². The van der Waals surface area contributed by atoms with E-state index in [2.05, 4.69) is 34.9 Å². The van der Waals surface area contributed by atoms with Gasteiger partial charge in [-0.15, -0.1) is 0 Å². The number of nitrogens with one attached hydrogen (secondary N) is 2. The summed E-state index contributed by atoms with van der Waals surface area (Å²) in [5.74, 6) is 1.48. The van der Waals surface area contributed by atoms with Crippen molar-refractivity contribution in [3.63, 3.8) is 0 Å². The standard InChI is InChI=1S/C19H26N2O/c22-18(12-13-10-16-8-9-17(11-13)20-16)21-19(15-6-7-15)14-4-2-1-3-5-14/h1-5,13,15-17,19-20H,6-12H2,(H,21,22). The average Bonchev–Trinajstić information content (AvgIpc) is 3.31. The summed E-state index contributed by atoms with van der Waals surface area (Å²) >= 11 is 0. The number of fused-ring (bicyclic) bond motifs is 2. The number of hydrogen-bond donors (Lipinski definition) is 2. The van der Waals surface area contributed by atoms with Crippen molar-refractivity contribution >= 4 is 5.91 Å². The summed E-state index contributed by atoms with van der Waals surface area (Å²) in [5.41, 5.74) is 1.27. The van der Waals surface area contributed by atoms with Crippen LogP contribution < -0.4 is 10.6 Å². The minimum atomic E-state index is 0.229. The van der Waals surface area contributed by atoms with Gasteiger partial charge >= 0.3 is 0 Å². The van der Waals surface area contributed by atoms with Crippen molar-refractivity contribution in [1.82, 2.24) is 10.6 Å². The molecular weight excluding hydrogens is 272 g/mol. The predicted molar refractivity (Wildman–Crippen MR) is 87.3 cm³/mol. The number of amides is 1. The predicted octanol–water partition coefficient (Wildman–Crippen LogP) is 3.17. The van der Waals surface area contributed by atoms with E-state index in [0.29, 0.717) is 30.3 Å². The van der Waals surface area contributed by atoms with Gasteiger partial charge in [0.2, 0.25) is 5.91 Å². The number of rotatable bonds is 5. The van der Waals surface area contributed by atoms with E-state index in [1.54, 1.807) is 0 Å². The van der Waals surface area contributed by atoms with E-state index < -0.39 is 0 Å². The number of carbonyl (C=O) groups excluding carboxylic acids is 1. The third-order valence-corrected chi connectivity index (χ3v) is 5.61. The summed E-state index contributed by atoms with van der Waals surface area (Å²) in [7, 11) is 0. The molecule has 3 heteroatoms. The van der Waals surface area contributed by atoms with E-state index >= 15 is 0 Å². The van der Waals surface area contributed by atoms with Gasteiger partial charge in [-0.25, -0.2) is 0 Å². The Labute approximate surface area is 132 Å². The second-order valence-electron chi connectivity index (χ2n) is 7.47. The molecule has 4 rings (SSSR count). The van der Waals surface area contributed by atoms with Gasteiger partial charge < -0.3 is 10.6 Å². The van der Waals surface area contributed by atoms with E-state index in [1.165, 1.54) is 44.1 Å². The number of benzene rings is 1. The lowest BCUT2D eigenvalue weighted by Gasteiger charge is -2.29. The first-order valence-electron chi connectivity index (χ1n) is 8.88. The summed E-state index contributed by atoms with van der Waals surface area (Å²) in [5, 5.41) is 6.99. The maximum absolute atomic E-state index is 12.5. The zero-order chi connectivity index (χ0) is 14.9. The van der Waals surface area contributed by atoms with Crippen molar-refractivity contribution < 1.29 is 4.79 Å². The number of piperidine rings is 1. The van der Waals surface area contributed by atoms with E-state index in [0.717, 1.165) is 0 Å². The Balaban J connectivity index is 1.36. The van der Waals surface area contributed by atoms with Crippen molar-refractivity contribution in [1.29, 1.82) is 0 Å². The summed E-state index contributed by atoms with van der Waals surface area (Å²) in [6.07, 6.45) is 8.18. The van der Waals surface area contributed by atoms with Crippen LogP contribution in [-0.4, -0.2) is 18.0 Å². The van der Waals surface area contributed by atoms with E-state index in [4.69, 9.17) is 0 Å². The number of carbonyl (C=O) groups is 1. The van der Waals surface area contributed by atoms with Gasteiger partial charge in [-0.1, -0.05) is 30.3 Å². The molecule has 3 nitrogen and oxygen atoms in total. The first-order chi connectivity index (χ1) is 10.8. The Hall–Kier alpha value is -1.35. The molecule has 3 fully saturated rings. The van der Waals surface area contributed by atoms with Gasteiger partial charge in [-0.3, -0.25) is 4.79 Å². The van der Waals surface area contributed by atoms with Crippen LogP contribution in [0.3, 0.4) is 0 Å². The van der Waals surface area contributed by atoms with Crippen LogP contribution in [0.4, 0.5) is 0 Å². The van der Waals surface area contributed by atoms with Crippen molar-refractivity contribution in [2.45, 2.75) is 63.1 Å². The van der Waals surface area contributed by atoms with Crippen molar-refractivity contribution in [2.75, 3.05) is 0 Å². The molecule has 3 unspecified atom stereocenters. The molecule has 0 spiro atoms. The molecule has 2 heterocycles. The molecule has 118 valence electrons. The normalized spacial score (nSPS) is 31.7. The van der Waals surface area contributed by atoms with Crippen LogP contribution in [0.25, 0.3) is 0 Å². The lowest BCUT2D eigenvalue weighted by molar-refractivity contribution is -0.123. The molecule has 3 atom stereocenters. The van der Waals surface area contributed by atoms with Gasteiger partial charge in [-0.2, -0.15) is 0 Å². The summed E-state index contributed by atoms with van der Waals surface area (Å²) in [4.78, 5) is 12.5. The van der Waals surface area contributed by atoms with Crippen LogP contribution in [0.5, 0.6) is 0 Å². The minimum absolute atomic E-state index is 0.229. The van der Waals surface area contributed by atoms with Crippen LogP contribution in [0.1, 0.15) is 56.6 Å². The molecular formula is C19H26N2O. The second kappa shape index (κ2) is 6.04. The SMILES string of the molecule is O=C(CC1CC2CCC(C1)N2)NC(c1ccccc1)C1CC1. The fraction of sp³-hybridized carbons (Fsp3) is 0.632. The monoisotopic (exact) mass is 298 g/mol. The van der Waals surface area contributed by atoms with Crippen molar-refractivity contribution in [3.05, 3.63) is 35.9 Å². The molecule has 1 aromatic carbocycles. The van der Waals surface area contributed by atoms with E-state index in [9.17, 15) is 4.79 Å². The molecule has 1 aliphatic carbocycles. The molecule has 1 amide bonds. The van der Waals surface area contributed by atoms with Gasteiger partial charge in [0.05, 0.1) is 6.04 Å². The maximum Gasteiger partial charge on any atom is 0.220 e. The van der Waals surface area contributed by atoms with E-state index in [1.807, 2.05) is 6.07 Å². The van der Waals surface area contributed by atoms with Crippen LogP contribution in [0.2, 0.25) is 0 Å². The lowest BCUT2D eigenvalue weighted by atomic mass is 9.89. The minimum Gasteiger partial charge on any atom is -0.349 e. The molecule has 2 aliphatic heterocycles. The van der Waals surface area contributed by atoms with Gasteiger partial charge in [0.25, 0.3) is 0 Å². The lowest BCUT2D eigenvalue weighted by Crippen LogP contribution is -2.40. The quantitative estimate of drug-likeness (QED) is 0.876. The van der Waals surface area contributed by atoms with E-state index in [-0.39, 0.29) is 11.9 Å². The first kappa shape index (κ1) is 14.3.